The van der Waals surface area contributed by atoms with Gasteiger partial charge in [0.1, 0.15) is 0 Å². The van der Waals surface area contributed by atoms with Gasteiger partial charge >= 0.3 is 6.03 Å². The van der Waals surface area contributed by atoms with Crippen molar-refractivity contribution < 1.29 is 9.59 Å². The van der Waals surface area contributed by atoms with E-state index in [1.54, 1.807) is 18.2 Å². The zero-order chi connectivity index (χ0) is 15.9. The minimum absolute atomic E-state index is 0. The second-order valence-electron chi connectivity index (χ2n) is 5.68. The highest BCUT2D eigenvalue weighted by Crippen LogP contribution is 2.25. The van der Waals surface area contributed by atoms with E-state index in [0.717, 1.165) is 25.7 Å². The molecule has 1 aliphatic rings. The van der Waals surface area contributed by atoms with E-state index in [9.17, 15) is 9.59 Å². The highest BCUT2D eigenvalue weighted by molar-refractivity contribution is 5.94. The van der Waals surface area contributed by atoms with Crippen LogP contribution in [0.1, 0.15) is 32.6 Å². The average molecular weight is 341 g/mol. The quantitative estimate of drug-likeness (QED) is 0.678. The summed E-state index contributed by atoms with van der Waals surface area (Å²) in [4.78, 5) is 23.8. The molecule has 1 fully saturated rings. The van der Waals surface area contributed by atoms with Gasteiger partial charge in [0.2, 0.25) is 5.91 Å². The van der Waals surface area contributed by atoms with E-state index in [1.165, 1.54) is 0 Å². The van der Waals surface area contributed by atoms with Crippen LogP contribution < -0.4 is 21.7 Å². The topological polar surface area (TPSA) is 96.2 Å². The SMILES string of the molecule is CCNC(=O)Nc1cccc(NC(=O)C2CCCC(N)C2)c1.Cl. The van der Waals surface area contributed by atoms with Gasteiger partial charge in [0.05, 0.1) is 0 Å². The molecule has 7 heteroatoms. The van der Waals surface area contributed by atoms with Crippen LogP contribution in [0.5, 0.6) is 0 Å². The van der Waals surface area contributed by atoms with Gasteiger partial charge in [-0.05, 0) is 44.4 Å². The summed E-state index contributed by atoms with van der Waals surface area (Å²) in [5, 5.41) is 8.29. The van der Waals surface area contributed by atoms with Crippen molar-refractivity contribution in [2.75, 3.05) is 17.2 Å². The lowest BCUT2D eigenvalue weighted by Gasteiger charge is -2.25. The summed E-state index contributed by atoms with van der Waals surface area (Å²) in [5.74, 6) is -0.0194. The van der Waals surface area contributed by atoms with E-state index >= 15 is 0 Å². The Hall–Kier alpha value is -1.79. The number of carbonyl (C=O) groups is 2. The van der Waals surface area contributed by atoms with Gasteiger partial charge in [-0.25, -0.2) is 4.79 Å². The molecule has 0 heterocycles. The van der Waals surface area contributed by atoms with E-state index in [2.05, 4.69) is 16.0 Å². The highest BCUT2D eigenvalue weighted by Gasteiger charge is 2.25. The lowest BCUT2D eigenvalue weighted by molar-refractivity contribution is -0.120. The van der Waals surface area contributed by atoms with Crippen LogP contribution in [0.4, 0.5) is 16.2 Å². The number of amides is 3. The van der Waals surface area contributed by atoms with Crippen LogP contribution in [-0.4, -0.2) is 24.5 Å². The molecule has 1 aliphatic carbocycles. The summed E-state index contributed by atoms with van der Waals surface area (Å²) in [6, 6.07) is 6.99. The van der Waals surface area contributed by atoms with Crippen LogP contribution >= 0.6 is 12.4 Å². The van der Waals surface area contributed by atoms with Gasteiger partial charge in [0.15, 0.2) is 0 Å². The molecule has 0 saturated heterocycles. The molecule has 0 aromatic heterocycles. The molecule has 1 aromatic rings. The Morgan fingerprint density at radius 3 is 2.57 bits per heavy atom. The Morgan fingerprint density at radius 2 is 1.91 bits per heavy atom. The Morgan fingerprint density at radius 1 is 1.22 bits per heavy atom. The first-order valence-corrected chi connectivity index (χ1v) is 7.80. The summed E-state index contributed by atoms with van der Waals surface area (Å²) in [6.45, 7) is 2.41. The molecule has 3 amide bonds. The van der Waals surface area contributed by atoms with Gasteiger partial charge < -0.3 is 21.7 Å². The molecule has 128 valence electrons. The third-order valence-electron chi connectivity index (χ3n) is 3.81. The molecular weight excluding hydrogens is 316 g/mol. The fourth-order valence-electron chi connectivity index (χ4n) is 2.72. The largest absolute Gasteiger partial charge is 0.338 e. The Balaban J connectivity index is 0.00000264. The van der Waals surface area contributed by atoms with Crippen molar-refractivity contribution in [1.29, 1.82) is 0 Å². The molecule has 1 saturated carbocycles. The van der Waals surface area contributed by atoms with Gasteiger partial charge in [-0.1, -0.05) is 12.5 Å². The van der Waals surface area contributed by atoms with E-state index < -0.39 is 0 Å². The first-order chi connectivity index (χ1) is 10.6. The molecule has 2 atom stereocenters. The molecule has 2 unspecified atom stereocenters. The number of anilines is 2. The minimum atomic E-state index is -0.260. The number of carbonyl (C=O) groups excluding carboxylic acids is 2. The minimum Gasteiger partial charge on any atom is -0.338 e. The van der Waals surface area contributed by atoms with Crippen molar-refractivity contribution in [3.8, 4) is 0 Å². The highest BCUT2D eigenvalue weighted by atomic mass is 35.5. The van der Waals surface area contributed by atoms with Crippen molar-refractivity contribution in [2.45, 2.75) is 38.6 Å². The number of hydrogen-bond acceptors (Lipinski definition) is 3. The molecule has 5 N–H and O–H groups in total. The average Bonchev–Trinajstić information content (AvgIpc) is 2.47. The molecule has 0 spiro atoms. The van der Waals surface area contributed by atoms with Crippen LogP contribution in [-0.2, 0) is 4.79 Å². The van der Waals surface area contributed by atoms with Crippen LogP contribution in [0.15, 0.2) is 24.3 Å². The number of urea groups is 1. The fourth-order valence-corrected chi connectivity index (χ4v) is 2.72. The second-order valence-corrected chi connectivity index (χ2v) is 5.68. The lowest BCUT2D eigenvalue weighted by Crippen LogP contribution is -2.34. The summed E-state index contributed by atoms with van der Waals surface area (Å²) in [7, 11) is 0. The zero-order valence-electron chi connectivity index (χ0n) is 13.3. The molecule has 0 radical (unpaired) electrons. The predicted octanol–water partition coefficient (Wildman–Crippen LogP) is 2.71. The number of nitrogens with two attached hydrogens (primary N) is 1. The maximum Gasteiger partial charge on any atom is 0.319 e. The first kappa shape index (κ1) is 19.3. The number of halogens is 1. The van der Waals surface area contributed by atoms with Crippen LogP contribution in [0.3, 0.4) is 0 Å². The zero-order valence-corrected chi connectivity index (χ0v) is 14.1. The third-order valence-corrected chi connectivity index (χ3v) is 3.81. The van der Waals surface area contributed by atoms with Crippen LogP contribution in [0.25, 0.3) is 0 Å². The van der Waals surface area contributed by atoms with Crippen LogP contribution in [0.2, 0.25) is 0 Å². The molecule has 0 aliphatic heterocycles. The third kappa shape index (κ3) is 6.08. The van der Waals surface area contributed by atoms with E-state index in [-0.39, 0.29) is 36.3 Å². The monoisotopic (exact) mass is 340 g/mol. The van der Waals surface area contributed by atoms with Crippen molar-refractivity contribution in [3.63, 3.8) is 0 Å². The lowest BCUT2D eigenvalue weighted by atomic mass is 9.85. The number of hydrogen-bond donors (Lipinski definition) is 4. The number of benzene rings is 1. The second kappa shape index (κ2) is 9.37. The van der Waals surface area contributed by atoms with Gasteiger partial charge in [0, 0.05) is 29.9 Å². The smallest absolute Gasteiger partial charge is 0.319 e. The van der Waals surface area contributed by atoms with E-state index in [1.807, 2.05) is 13.0 Å². The maximum absolute atomic E-state index is 12.3. The first-order valence-electron chi connectivity index (χ1n) is 7.80. The normalized spacial score (nSPS) is 20.1. The summed E-state index contributed by atoms with van der Waals surface area (Å²) in [5.41, 5.74) is 7.25. The van der Waals surface area contributed by atoms with Gasteiger partial charge in [-0.2, -0.15) is 0 Å². The van der Waals surface area contributed by atoms with E-state index in [0.29, 0.717) is 17.9 Å². The standard InChI is InChI=1S/C16H24N4O2.ClH/c1-2-18-16(22)20-14-8-4-7-13(10-14)19-15(21)11-5-3-6-12(17)9-11;/h4,7-8,10-12H,2-3,5-6,9,17H2,1H3,(H,19,21)(H2,18,20,22);1H. The van der Waals surface area contributed by atoms with Gasteiger partial charge in [-0.3, -0.25) is 4.79 Å². The Labute approximate surface area is 143 Å². The molecule has 2 rings (SSSR count). The fraction of sp³-hybridized carbons (Fsp3) is 0.500. The Bertz CT molecular complexity index is 539. The van der Waals surface area contributed by atoms with Gasteiger partial charge in [-0.15, -0.1) is 12.4 Å². The molecule has 1 aromatic carbocycles. The van der Waals surface area contributed by atoms with Gasteiger partial charge in [0.25, 0.3) is 0 Å². The van der Waals surface area contributed by atoms with Crippen molar-refractivity contribution in [2.24, 2.45) is 11.7 Å². The van der Waals surface area contributed by atoms with Crippen molar-refractivity contribution in [3.05, 3.63) is 24.3 Å². The van der Waals surface area contributed by atoms with Crippen molar-refractivity contribution in [1.82, 2.24) is 5.32 Å². The maximum atomic E-state index is 12.3. The number of nitrogens with one attached hydrogen (secondary N) is 3. The number of rotatable bonds is 4. The Kier molecular flexibility index (Phi) is 7.85. The summed E-state index contributed by atoms with van der Waals surface area (Å²) >= 11 is 0. The summed E-state index contributed by atoms with van der Waals surface area (Å²) < 4.78 is 0. The summed E-state index contributed by atoms with van der Waals surface area (Å²) in [6.07, 6.45) is 3.62. The predicted molar refractivity (Wildman–Crippen MR) is 94.9 cm³/mol. The molecule has 23 heavy (non-hydrogen) atoms. The van der Waals surface area contributed by atoms with E-state index in [4.69, 9.17) is 5.73 Å². The molecule has 6 nitrogen and oxygen atoms in total. The molecular formula is C16H25ClN4O2. The van der Waals surface area contributed by atoms with Crippen molar-refractivity contribution >= 4 is 35.7 Å². The molecule has 0 bridgehead atoms. The van der Waals surface area contributed by atoms with Crippen LogP contribution in [0, 0.1) is 5.92 Å².